The smallest absolute Gasteiger partial charge is 0.262 e. The second kappa shape index (κ2) is 9.88. The van der Waals surface area contributed by atoms with Gasteiger partial charge in [-0.1, -0.05) is 35.5 Å². The zero-order valence-corrected chi connectivity index (χ0v) is 18.0. The second-order valence-electron chi connectivity index (χ2n) is 6.48. The fourth-order valence-corrected chi connectivity index (χ4v) is 3.80. The van der Waals surface area contributed by atoms with Crippen molar-refractivity contribution in [3.8, 4) is 0 Å². The van der Waals surface area contributed by atoms with Crippen molar-refractivity contribution in [2.24, 2.45) is 0 Å². The van der Waals surface area contributed by atoms with Gasteiger partial charge in [0.2, 0.25) is 5.91 Å². The summed E-state index contributed by atoms with van der Waals surface area (Å²) in [4.78, 5) is 41.3. The van der Waals surface area contributed by atoms with Crippen LogP contribution in [0, 0.1) is 0 Å². The summed E-state index contributed by atoms with van der Waals surface area (Å²) < 4.78 is 6.59. The number of hydrogen-bond donors (Lipinski definition) is 1. The molecule has 3 aromatic rings. The first-order valence-electron chi connectivity index (χ1n) is 9.11. The Morgan fingerprint density at radius 1 is 1.23 bits per heavy atom. The number of ether oxygens (including phenoxy) is 1. The highest BCUT2D eigenvalue weighted by Crippen LogP contribution is 2.21. The van der Waals surface area contributed by atoms with Gasteiger partial charge in [-0.3, -0.25) is 19.0 Å². The van der Waals surface area contributed by atoms with Crippen LogP contribution in [0.1, 0.15) is 17.3 Å². The number of ketones is 1. The van der Waals surface area contributed by atoms with Gasteiger partial charge in [0.15, 0.2) is 10.9 Å². The zero-order chi connectivity index (χ0) is 21.7. The Labute approximate surface area is 182 Å². The van der Waals surface area contributed by atoms with Crippen molar-refractivity contribution in [3.05, 3.63) is 63.4 Å². The van der Waals surface area contributed by atoms with Gasteiger partial charge in [0, 0.05) is 23.4 Å². The van der Waals surface area contributed by atoms with Gasteiger partial charge in [0.25, 0.3) is 5.56 Å². The van der Waals surface area contributed by atoms with Crippen LogP contribution in [0.25, 0.3) is 10.9 Å². The minimum absolute atomic E-state index is 0.0375. The Balaban J connectivity index is 1.81. The molecule has 156 valence electrons. The van der Waals surface area contributed by atoms with Gasteiger partial charge in [-0.25, -0.2) is 4.98 Å². The molecule has 9 heteroatoms. The average molecular weight is 446 g/mol. The van der Waals surface area contributed by atoms with Crippen LogP contribution in [0.3, 0.4) is 0 Å². The third kappa shape index (κ3) is 5.27. The molecule has 0 radical (unpaired) electrons. The fraction of sp³-hybridized carbons (Fsp3) is 0.238. The molecule has 0 spiro atoms. The van der Waals surface area contributed by atoms with Gasteiger partial charge in [0.05, 0.1) is 29.8 Å². The van der Waals surface area contributed by atoms with E-state index in [0.29, 0.717) is 45.5 Å². The summed E-state index contributed by atoms with van der Waals surface area (Å²) in [6.45, 7) is 2.11. The molecule has 0 aliphatic carbocycles. The summed E-state index contributed by atoms with van der Waals surface area (Å²) in [5.74, 6) is -0.323. The topological polar surface area (TPSA) is 90.3 Å². The number of halogens is 1. The lowest BCUT2D eigenvalue weighted by atomic mass is 10.1. The van der Waals surface area contributed by atoms with E-state index < -0.39 is 0 Å². The molecule has 0 saturated heterocycles. The van der Waals surface area contributed by atoms with E-state index >= 15 is 0 Å². The molecule has 0 saturated carbocycles. The number of thioether (sulfide) groups is 1. The zero-order valence-electron chi connectivity index (χ0n) is 16.5. The largest absolute Gasteiger partial charge is 0.383 e. The van der Waals surface area contributed by atoms with Crippen LogP contribution in [0.2, 0.25) is 5.02 Å². The minimum atomic E-state index is -0.278. The predicted octanol–water partition coefficient (Wildman–Crippen LogP) is 3.63. The molecule has 0 unspecified atom stereocenters. The highest BCUT2D eigenvalue weighted by atomic mass is 35.5. The lowest BCUT2D eigenvalue weighted by Crippen LogP contribution is -2.26. The number of benzene rings is 2. The number of aromatic nitrogens is 2. The van der Waals surface area contributed by atoms with Crippen LogP contribution in [-0.4, -0.2) is 40.7 Å². The lowest BCUT2D eigenvalue weighted by Gasteiger charge is -2.13. The molecule has 0 bridgehead atoms. The van der Waals surface area contributed by atoms with Gasteiger partial charge >= 0.3 is 0 Å². The van der Waals surface area contributed by atoms with Crippen molar-refractivity contribution in [1.29, 1.82) is 0 Å². The summed E-state index contributed by atoms with van der Waals surface area (Å²) in [6.07, 6.45) is 0. The van der Waals surface area contributed by atoms with Crippen LogP contribution >= 0.6 is 23.4 Å². The second-order valence-corrected chi connectivity index (χ2v) is 7.86. The van der Waals surface area contributed by atoms with Gasteiger partial charge in [-0.05, 0) is 37.3 Å². The minimum Gasteiger partial charge on any atom is -0.383 e. The van der Waals surface area contributed by atoms with Crippen molar-refractivity contribution in [3.63, 3.8) is 0 Å². The van der Waals surface area contributed by atoms with E-state index in [1.807, 2.05) is 0 Å². The average Bonchev–Trinajstić information content (AvgIpc) is 2.71. The van der Waals surface area contributed by atoms with E-state index in [1.165, 1.54) is 11.5 Å². The molecule has 0 aliphatic heterocycles. The number of Topliss-reactive ketones (excluding diaryl/α,β-unsaturated/α-hetero) is 1. The van der Waals surface area contributed by atoms with Crippen LogP contribution in [0.4, 0.5) is 5.69 Å². The summed E-state index contributed by atoms with van der Waals surface area (Å²) in [6, 6.07) is 11.6. The van der Waals surface area contributed by atoms with Crippen molar-refractivity contribution in [1.82, 2.24) is 9.55 Å². The SMILES string of the molecule is COCCn1c(SCC(=O)Nc2cccc(C(C)=O)c2)nc2cc(Cl)ccc2c1=O. The number of carbonyl (C=O) groups is 2. The fourth-order valence-electron chi connectivity index (χ4n) is 2.81. The number of nitrogens with one attached hydrogen (secondary N) is 1. The van der Waals surface area contributed by atoms with E-state index in [0.717, 1.165) is 11.8 Å². The number of amides is 1. The summed E-state index contributed by atoms with van der Waals surface area (Å²) in [7, 11) is 1.55. The van der Waals surface area contributed by atoms with E-state index in [2.05, 4.69) is 10.3 Å². The first kappa shape index (κ1) is 22.0. The molecule has 3 rings (SSSR count). The summed E-state index contributed by atoms with van der Waals surface area (Å²) in [5.41, 5.74) is 1.30. The monoisotopic (exact) mass is 445 g/mol. The van der Waals surface area contributed by atoms with Crippen LogP contribution < -0.4 is 10.9 Å². The predicted molar refractivity (Wildman–Crippen MR) is 119 cm³/mol. The molecule has 30 heavy (non-hydrogen) atoms. The molecule has 0 aliphatic rings. The van der Waals surface area contributed by atoms with Gasteiger partial charge in [0.1, 0.15) is 0 Å². The number of nitrogens with zero attached hydrogens (tertiary/aromatic N) is 2. The third-order valence-electron chi connectivity index (χ3n) is 4.29. The first-order chi connectivity index (χ1) is 14.4. The van der Waals surface area contributed by atoms with Crippen LogP contribution in [-0.2, 0) is 16.1 Å². The Morgan fingerprint density at radius 3 is 2.77 bits per heavy atom. The molecule has 0 fully saturated rings. The maximum absolute atomic E-state index is 12.9. The Kier molecular flexibility index (Phi) is 7.25. The number of methoxy groups -OCH3 is 1. The number of fused-ring (bicyclic) bond motifs is 1. The number of rotatable bonds is 8. The maximum atomic E-state index is 12.9. The van der Waals surface area contributed by atoms with Gasteiger partial charge in [-0.15, -0.1) is 0 Å². The van der Waals surface area contributed by atoms with Crippen molar-refractivity contribution >= 4 is 51.6 Å². The summed E-state index contributed by atoms with van der Waals surface area (Å²) >= 11 is 7.18. The molecule has 1 aromatic heterocycles. The third-order valence-corrected chi connectivity index (χ3v) is 5.50. The Morgan fingerprint density at radius 2 is 2.03 bits per heavy atom. The standard InChI is InChI=1S/C21H20ClN3O4S/c1-13(26)14-4-3-5-16(10-14)23-19(27)12-30-21-24-18-11-15(22)6-7-17(18)20(28)25(21)8-9-29-2/h3-7,10-11H,8-9,12H2,1-2H3,(H,23,27). The molecule has 1 N–H and O–H groups in total. The Bertz CT molecular complexity index is 1160. The molecular weight excluding hydrogens is 426 g/mol. The van der Waals surface area contributed by atoms with E-state index in [-0.39, 0.29) is 23.0 Å². The van der Waals surface area contributed by atoms with E-state index in [4.69, 9.17) is 16.3 Å². The molecule has 1 heterocycles. The summed E-state index contributed by atoms with van der Waals surface area (Å²) in [5, 5.41) is 4.08. The van der Waals surface area contributed by atoms with Gasteiger partial charge in [-0.2, -0.15) is 0 Å². The normalized spacial score (nSPS) is 10.9. The number of carbonyl (C=O) groups excluding carboxylic acids is 2. The lowest BCUT2D eigenvalue weighted by molar-refractivity contribution is -0.113. The van der Waals surface area contributed by atoms with Crippen molar-refractivity contribution in [2.75, 3.05) is 24.8 Å². The molecular formula is C21H20ClN3O4S. The maximum Gasteiger partial charge on any atom is 0.262 e. The van der Waals surface area contributed by atoms with Crippen molar-refractivity contribution < 1.29 is 14.3 Å². The first-order valence-corrected chi connectivity index (χ1v) is 10.5. The highest BCUT2D eigenvalue weighted by Gasteiger charge is 2.14. The van der Waals surface area contributed by atoms with E-state index in [9.17, 15) is 14.4 Å². The molecule has 2 aromatic carbocycles. The van der Waals surface area contributed by atoms with Crippen LogP contribution in [0.5, 0.6) is 0 Å². The van der Waals surface area contributed by atoms with Crippen molar-refractivity contribution in [2.45, 2.75) is 18.6 Å². The Hall–Kier alpha value is -2.68. The van der Waals surface area contributed by atoms with Crippen LogP contribution in [0.15, 0.2) is 52.4 Å². The molecule has 0 atom stereocenters. The quantitative estimate of drug-likeness (QED) is 0.323. The highest BCUT2D eigenvalue weighted by molar-refractivity contribution is 7.99. The molecule has 1 amide bonds. The van der Waals surface area contributed by atoms with E-state index in [1.54, 1.807) is 49.6 Å². The van der Waals surface area contributed by atoms with Gasteiger partial charge < -0.3 is 10.1 Å². The number of anilines is 1. The molecule has 7 nitrogen and oxygen atoms in total. The number of hydrogen-bond acceptors (Lipinski definition) is 6.